The number of nitrogens with one attached hydrogen (secondary N) is 1. The summed E-state index contributed by atoms with van der Waals surface area (Å²) in [4.78, 5) is 0. The lowest BCUT2D eigenvalue weighted by Crippen LogP contribution is -2.44. The van der Waals surface area contributed by atoms with E-state index in [1.807, 2.05) is 11.3 Å². The Morgan fingerprint density at radius 2 is 2.18 bits per heavy atom. The molecule has 1 aromatic heterocycles. The smallest absolute Gasteiger partial charge is 0.0161 e. The first-order valence-corrected chi connectivity index (χ1v) is 7.93. The average Bonchev–Trinajstić information content (AvgIpc) is 2.96. The number of hydrogen-bond donors (Lipinski definition) is 1. The third-order valence-corrected chi connectivity index (χ3v) is 4.98. The van der Waals surface area contributed by atoms with Gasteiger partial charge in [0.25, 0.3) is 0 Å². The van der Waals surface area contributed by atoms with Gasteiger partial charge in [-0.25, -0.2) is 0 Å². The van der Waals surface area contributed by atoms with Crippen molar-refractivity contribution in [3.8, 4) is 0 Å². The molecule has 1 atom stereocenters. The van der Waals surface area contributed by atoms with E-state index in [-0.39, 0.29) is 0 Å². The topological polar surface area (TPSA) is 12.0 Å². The van der Waals surface area contributed by atoms with Gasteiger partial charge < -0.3 is 5.32 Å². The van der Waals surface area contributed by atoms with Gasteiger partial charge in [0.2, 0.25) is 0 Å². The zero-order valence-electron chi connectivity index (χ0n) is 11.2. The van der Waals surface area contributed by atoms with Crippen LogP contribution in [0.15, 0.2) is 16.8 Å². The van der Waals surface area contributed by atoms with E-state index in [9.17, 15) is 0 Å². The van der Waals surface area contributed by atoms with Crippen LogP contribution < -0.4 is 5.32 Å². The van der Waals surface area contributed by atoms with Crippen molar-refractivity contribution in [2.24, 2.45) is 5.41 Å². The molecule has 1 nitrogen and oxygen atoms in total. The van der Waals surface area contributed by atoms with Crippen LogP contribution in [0.1, 0.15) is 51.5 Å². The highest BCUT2D eigenvalue weighted by molar-refractivity contribution is 7.07. The van der Waals surface area contributed by atoms with Crippen LogP contribution in [-0.2, 0) is 6.42 Å². The maximum Gasteiger partial charge on any atom is 0.0161 e. The highest BCUT2D eigenvalue weighted by atomic mass is 32.1. The van der Waals surface area contributed by atoms with E-state index in [0.717, 1.165) is 6.54 Å². The second-order valence-corrected chi connectivity index (χ2v) is 6.48. The Labute approximate surface area is 110 Å². The second kappa shape index (κ2) is 6.01. The lowest BCUT2D eigenvalue weighted by Gasteiger charge is -2.35. The zero-order chi connectivity index (χ0) is 12.1. The SMILES string of the molecule is CCCNC(Cc1ccsc1)C1(C)CCCC1. The van der Waals surface area contributed by atoms with Crippen molar-refractivity contribution < 1.29 is 0 Å². The van der Waals surface area contributed by atoms with Crippen molar-refractivity contribution in [1.29, 1.82) is 0 Å². The number of thiophene rings is 1. The molecule has 0 aromatic carbocycles. The minimum Gasteiger partial charge on any atom is -0.313 e. The molecule has 0 aliphatic heterocycles. The fourth-order valence-corrected chi connectivity index (χ4v) is 3.74. The van der Waals surface area contributed by atoms with E-state index in [1.54, 1.807) is 0 Å². The van der Waals surface area contributed by atoms with Crippen LogP contribution in [0.5, 0.6) is 0 Å². The molecular formula is C15H25NS. The van der Waals surface area contributed by atoms with Crippen molar-refractivity contribution in [1.82, 2.24) is 5.32 Å². The second-order valence-electron chi connectivity index (χ2n) is 5.70. The summed E-state index contributed by atoms with van der Waals surface area (Å²) in [5, 5.41) is 8.30. The van der Waals surface area contributed by atoms with E-state index < -0.39 is 0 Å². The first-order chi connectivity index (χ1) is 8.24. The molecule has 1 unspecified atom stereocenters. The van der Waals surface area contributed by atoms with Crippen LogP contribution in [0.2, 0.25) is 0 Å². The molecule has 0 radical (unpaired) electrons. The molecule has 1 heterocycles. The molecule has 17 heavy (non-hydrogen) atoms. The summed E-state index contributed by atoms with van der Waals surface area (Å²) in [6, 6.07) is 2.95. The van der Waals surface area contributed by atoms with E-state index in [0.29, 0.717) is 11.5 Å². The van der Waals surface area contributed by atoms with Crippen LogP contribution in [0, 0.1) is 5.41 Å². The van der Waals surface area contributed by atoms with Crippen molar-refractivity contribution >= 4 is 11.3 Å². The monoisotopic (exact) mass is 251 g/mol. The largest absolute Gasteiger partial charge is 0.313 e. The highest BCUT2D eigenvalue weighted by Gasteiger charge is 2.36. The van der Waals surface area contributed by atoms with Gasteiger partial charge in [-0.3, -0.25) is 0 Å². The van der Waals surface area contributed by atoms with Crippen LogP contribution in [0.4, 0.5) is 0 Å². The summed E-state index contributed by atoms with van der Waals surface area (Å²) in [6.07, 6.45) is 8.09. The van der Waals surface area contributed by atoms with Gasteiger partial charge >= 0.3 is 0 Å². The van der Waals surface area contributed by atoms with Gasteiger partial charge in [0.15, 0.2) is 0 Å². The average molecular weight is 251 g/mol. The number of rotatable bonds is 6. The van der Waals surface area contributed by atoms with Crippen molar-refractivity contribution in [2.45, 2.75) is 58.4 Å². The van der Waals surface area contributed by atoms with Crippen LogP contribution >= 0.6 is 11.3 Å². The lowest BCUT2D eigenvalue weighted by atomic mass is 9.78. The maximum atomic E-state index is 3.79. The van der Waals surface area contributed by atoms with Crippen LogP contribution in [0.25, 0.3) is 0 Å². The fourth-order valence-electron chi connectivity index (χ4n) is 3.06. The van der Waals surface area contributed by atoms with E-state index in [1.165, 1.54) is 44.1 Å². The van der Waals surface area contributed by atoms with Gasteiger partial charge in [-0.15, -0.1) is 0 Å². The maximum absolute atomic E-state index is 3.79. The zero-order valence-corrected chi connectivity index (χ0v) is 12.0. The number of hydrogen-bond acceptors (Lipinski definition) is 2. The van der Waals surface area contributed by atoms with Gasteiger partial charge in [0.05, 0.1) is 0 Å². The molecule has 0 spiro atoms. The molecule has 1 aliphatic carbocycles. The Kier molecular flexibility index (Phi) is 4.63. The van der Waals surface area contributed by atoms with Crippen molar-refractivity contribution in [3.63, 3.8) is 0 Å². The normalized spacial score (nSPS) is 20.6. The minimum absolute atomic E-state index is 0.525. The van der Waals surface area contributed by atoms with Gasteiger partial charge in [-0.05, 0) is 60.0 Å². The predicted octanol–water partition coefficient (Wildman–Crippen LogP) is 4.24. The summed E-state index contributed by atoms with van der Waals surface area (Å²) in [5.41, 5.74) is 2.04. The quantitative estimate of drug-likeness (QED) is 0.797. The van der Waals surface area contributed by atoms with Crippen molar-refractivity contribution in [2.75, 3.05) is 6.54 Å². The summed E-state index contributed by atoms with van der Waals surface area (Å²) in [6.45, 7) is 5.90. The molecule has 0 bridgehead atoms. The Bertz CT molecular complexity index is 312. The summed E-state index contributed by atoms with van der Waals surface area (Å²) in [5.74, 6) is 0. The van der Waals surface area contributed by atoms with Gasteiger partial charge in [-0.1, -0.05) is 26.7 Å². The molecule has 1 saturated carbocycles. The summed E-state index contributed by atoms with van der Waals surface area (Å²) in [7, 11) is 0. The third-order valence-electron chi connectivity index (χ3n) is 4.25. The first-order valence-electron chi connectivity index (χ1n) is 6.99. The minimum atomic E-state index is 0.525. The first kappa shape index (κ1) is 13.1. The van der Waals surface area contributed by atoms with E-state index in [2.05, 4.69) is 36.0 Å². The van der Waals surface area contributed by atoms with Gasteiger partial charge in [0, 0.05) is 6.04 Å². The molecule has 0 saturated heterocycles. The molecule has 1 aliphatic rings. The highest BCUT2D eigenvalue weighted by Crippen LogP contribution is 2.41. The molecular weight excluding hydrogens is 226 g/mol. The molecule has 0 amide bonds. The Balaban J connectivity index is 2.02. The third kappa shape index (κ3) is 3.32. The Morgan fingerprint density at radius 1 is 1.41 bits per heavy atom. The molecule has 2 heteroatoms. The predicted molar refractivity (Wildman–Crippen MR) is 76.7 cm³/mol. The molecule has 96 valence electrons. The molecule has 1 N–H and O–H groups in total. The van der Waals surface area contributed by atoms with Gasteiger partial charge in [-0.2, -0.15) is 11.3 Å². The molecule has 2 rings (SSSR count). The van der Waals surface area contributed by atoms with Crippen LogP contribution in [0.3, 0.4) is 0 Å². The Hall–Kier alpha value is -0.340. The van der Waals surface area contributed by atoms with E-state index >= 15 is 0 Å². The fraction of sp³-hybridized carbons (Fsp3) is 0.733. The molecule has 1 aromatic rings. The van der Waals surface area contributed by atoms with Crippen molar-refractivity contribution in [3.05, 3.63) is 22.4 Å². The Morgan fingerprint density at radius 3 is 2.76 bits per heavy atom. The van der Waals surface area contributed by atoms with Crippen LogP contribution in [-0.4, -0.2) is 12.6 Å². The summed E-state index contributed by atoms with van der Waals surface area (Å²) < 4.78 is 0. The van der Waals surface area contributed by atoms with Gasteiger partial charge in [0.1, 0.15) is 0 Å². The van der Waals surface area contributed by atoms with E-state index in [4.69, 9.17) is 0 Å². The molecule has 1 fully saturated rings. The lowest BCUT2D eigenvalue weighted by molar-refractivity contribution is 0.219. The standard InChI is InChI=1S/C15H25NS/c1-3-9-16-14(11-13-6-10-17-12-13)15(2)7-4-5-8-15/h6,10,12,14,16H,3-5,7-9,11H2,1-2H3. The summed E-state index contributed by atoms with van der Waals surface area (Å²) >= 11 is 1.82.